The Morgan fingerprint density at radius 3 is 3.05 bits per heavy atom. The number of fused-ring (bicyclic) bond motifs is 1. The monoisotopic (exact) mass is 270 g/mol. The number of carbonyl (C=O) groups excluding carboxylic acids is 1. The molecule has 1 spiro atoms. The fourth-order valence-corrected chi connectivity index (χ4v) is 3.45. The van der Waals surface area contributed by atoms with E-state index in [1.165, 1.54) is 19.3 Å². The minimum absolute atomic E-state index is 0.0620. The largest absolute Gasteiger partial charge is 0.360 e. The van der Waals surface area contributed by atoms with Crippen LogP contribution in [0.1, 0.15) is 36.2 Å². The summed E-state index contributed by atoms with van der Waals surface area (Å²) >= 11 is 0. The van der Waals surface area contributed by atoms with Gasteiger partial charge in [0.05, 0.1) is 11.0 Å². The molecule has 4 rings (SSSR count). The van der Waals surface area contributed by atoms with E-state index in [-0.39, 0.29) is 17.5 Å². The van der Waals surface area contributed by atoms with E-state index >= 15 is 0 Å². The van der Waals surface area contributed by atoms with Crippen LogP contribution in [0.5, 0.6) is 0 Å². The molecule has 1 saturated carbocycles. The van der Waals surface area contributed by atoms with Gasteiger partial charge in [-0.15, -0.1) is 0 Å². The lowest BCUT2D eigenvalue weighted by atomic mass is 9.73. The number of pyridine rings is 1. The van der Waals surface area contributed by atoms with Gasteiger partial charge < -0.3 is 15.6 Å². The van der Waals surface area contributed by atoms with Crippen molar-refractivity contribution in [3.8, 4) is 0 Å². The van der Waals surface area contributed by atoms with Crippen LogP contribution in [0.25, 0.3) is 11.0 Å². The summed E-state index contributed by atoms with van der Waals surface area (Å²) in [6, 6.07) is 5.82. The number of H-pyrrole nitrogens is 1. The Bertz CT molecular complexity index is 659. The first-order valence-electron chi connectivity index (χ1n) is 7.27. The maximum atomic E-state index is 12.4. The van der Waals surface area contributed by atoms with Crippen molar-refractivity contribution in [3.05, 3.63) is 30.1 Å². The van der Waals surface area contributed by atoms with Crippen LogP contribution in [0.3, 0.4) is 0 Å². The molecule has 1 aliphatic carbocycles. The van der Waals surface area contributed by atoms with Crippen molar-refractivity contribution in [2.24, 2.45) is 0 Å². The number of carbonyl (C=O) groups is 1. The number of amides is 1. The summed E-state index contributed by atoms with van der Waals surface area (Å²) in [6.45, 7) is 0.995. The number of rotatable bonds is 2. The van der Waals surface area contributed by atoms with Crippen LogP contribution in [0.4, 0.5) is 0 Å². The van der Waals surface area contributed by atoms with E-state index in [1.54, 1.807) is 6.07 Å². The van der Waals surface area contributed by atoms with Gasteiger partial charge in [-0.3, -0.25) is 4.79 Å². The zero-order chi connectivity index (χ0) is 13.6. The molecule has 1 aliphatic heterocycles. The lowest BCUT2D eigenvalue weighted by Gasteiger charge is -2.43. The highest BCUT2D eigenvalue weighted by molar-refractivity contribution is 5.94. The summed E-state index contributed by atoms with van der Waals surface area (Å²) in [7, 11) is 0. The van der Waals surface area contributed by atoms with Gasteiger partial charge in [-0.25, -0.2) is 4.98 Å². The first-order chi connectivity index (χ1) is 9.77. The topological polar surface area (TPSA) is 69.8 Å². The lowest BCUT2D eigenvalue weighted by molar-refractivity contribution is 0.0877. The lowest BCUT2D eigenvalue weighted by Crippen LogP contribution is -2.59. The molecular formula is C15H18N4O. The predicted octanol–water partition coefficient (Wildman–Crippen LogP) is 1.58. The second-order valence-electron chi connectivity index (χ2n) is 5.86. The second-order valence-corrected chi connectivity index (χ2v) is 5.86. The van der Waals surface area contributed by atoms with Crippen molar-refractivity contribution in [1.82, 2.24) is 20.6 Å². The molecule has 0 aromatic carbocycles. The normalized spacial score (nSPS) is 23.9. The highest BCUT2D eigenvalue weighted by atomic mass is 16.2. The van der Waals surface area contributed by atoms with Crippen molar-refractivity contribution >= 4 is 16.9 Å². The predicted molar refractivity (Wildman–Crippen MR) is 76.5 cm³/mol. The molecule has 20 heavy (non-hydrogen) atoms. The van der Waals surface area contributed by atoms with Gasteiger partial charge in [0, 0.05) is 17.8 Å². The molecule has 104 valence electrons. The van der Waals surface area contributed by atoms with Gasteiger partial charge in [-0.05, 0) is 50.4 Å². The molecule has 2 aliphatic rings. The van der Waals surface area contributed by atoms with Crippen molar-refractivity contribution in [2.75, 3.05) is 6.54 Å². The molecule has 0 bridgehead atoms. The van der Waals surface area contributed by atoms with Crippen molar-refractivity contribution in [3.63, 3.8) is 0 Å². The van der Waals surface area contributed by atoms with E-state index in [4.69, 9.17) is 0 Å². The second kappa shape index (κ2) is 4.31. The molecule has 1 atom stereocenters. The number of aromatic amines is 1. The Hall–Kier alpha value is -1.88. The summed E-state index contributed by atoms with van der Waals surface area (Å²) in [5.41, 5.74) is 2.45. The average Bonchev–Trinajstić information content (AvgIpc) is 3.02. The molecule has 1 unspecified atom stereocenters. The van der Waals surface area contributed by atoms with E-state index in [0.717, 1.165) is 24.0 Å². The highest BCUT2D eigenvalue weighted by Gasteiger charge is 2.47. The van der Waals surface area contributed by atoms with Crippen LogP contribution in [0.2, 0.25) is 0 Å². The van der Waals surface area contributed by atoms with Gasteiger partial charge in [0.15, 0.2) is 0 Å². The number of nitrogens with one attached hydrogen (secondary N) is 3. The Balaban J connectivity index is 1.54. The third-order valence-electron chi connectivity index (χ3n) is 4.77. The SMILES string of the molecule is O=C(NC1CCNC12CCC2)c1ccc2[nH]ccc2n1. The Morgan fingerprint density at radius 1 is 1.35 bits per heavy atom. The standard InChI is InChI=1S/C15H18N4O/c20-14(12-3-2-10-11(18-12)4-8-16-10)19-13-5-9-17-15(13)6-1-7-15/h2-4,8,13,16-17H,1,5-7,9H2,(H,19,20). The van der Waals surface area contributed by atoms with Crippen LogP contribution < -0.4 is 10.6 Å². The van der Waals surface area contributed by atoms with Gasteiger partial charge in [-0.2, -0.15) is 0 Å². The zero-order valence-electron chi connectivity index (χ0n) is 11.3. The number of hydrogen-bond acceptors (Lipinski definition) is 3. The van der Waals surface area contributed by atoms with Crippen LogP contribution in [-0.4, -0.2) is 34.0 Å². The van der Waals surface area contributed by atoms with Crippen LogP contribution in [0, 0.1) is 0 Å². The maximum absolute atomic E-state index is 12.4. The minimum atomic E-state index is -0.0620. The molecule has 1 amide bonds. The van der Waals surface area contributed by atoms with E-state index in [2.05, 4.69) is 20.6 Å². The summed E-state index contributed by atoms with van der Waals surface area (Å²) in [5.74, 6) is -0.0620. The molecular weight excluding hydrogens is 252 g/mol. The molecule has 0 radical (unpaired) electrons. The molecule has 2 aromatic heterocycles. The zero-order valence-corrected chi connectivity index (χ0v) is 11.3. The number of aromatic nitrogens is 2. The fourth-order valence-electron chi connectivity index (χ4n) is 3.45. The van der Waals surface area contributed by atoms with Gasteiger partial charge >= 0.3 is 0 Å². The molecule has 2 fully saturated rings. The first-order valence-corrected chi connectivity index (χ1v) is 7.27. The summed E-state index contributed by atoms with van der Waals surface area (Å²) in [6.07, 6.45) is 6.44. The van der Waals surface area contributed by atoms with Gasteiger partial charge in [-0.1, -0.05) is 0 Å². The van der Waals surface area contributed by atoms with E-state index in [0.29, 0.717) is 5.69 Å². The van der Waals surface area contributed by atoms with Gasteiger partial charge in [0.25, 0.3) is 5.91 Å². The summed E-state index contributed by atoms with van der Waals surface area (Å²) in [5, 5.41) is 6.73. The average molecular weight is 270 g/mol. The molecule has 5 heteroatoms. The number of hydrogen-bond donors (Lipinski definition) is 3. The maximum Gasteiger partial charge on any atom is 0.270 e. The van der Waals surface area contributed by atoms with E-state index in [9.17, 15) is 4.79 Å². The van der Waals surface area contributed by atoms with Gasteiger partial charge in [0.2, 0.25) is 0 Å². The van der Waals surface area contributed by atoms with Crippen LogP contribution in [0.15, 0.2) is 24.4 Å². The highest BCUT2D eigenvalue weighted by Crippen LogP contribution is 2.39. The van der Waals surface area contributed by atoms with Crippen LogP contribution >= 0.6 is 0 Å². The molecule has 3 heterocycles. The van der Waals surface area contributed by atoms with E-state index < -0.39 is 0 Å². The van der Waals surface area contributed by atoms with E-state index in [1.807, 2.05) is 18.3 Å². The molecule has 3 N–H and O–H groups in total. The molecule has 1 saturated heterocycles. The Labute approximate surface area is 117 Å². The molecule has 2 aromatic rings. The van der Waals surface area contributed by atoms with Crippen LogP contribution in [-0.2, 0) is 0 Å². The quantitative estimate of drug-likeness (QED) is 0.776. The third kappa shape index (κ3) is 1.73. The molecule has 5 nitrogen and oxygen atoms in total. The minimum Gasteiger partial charge on any atom is -0.360 e. The summed E-state index contributed by atoms with van der Waals surface area (Å²) in [4.78, 5) is 19.9. The van der Waals surface area contributed by atoms with Gasteiger partial charge in [0.1, 0.15) is 5.69 Å². The summed E-state index contributed by atoms with van der Waals surface area (Å²) < 4.78 is 0. The Morgan fingerprint density at radius 2 is 2.25 bits per heavy atom. The first kappa shape index (κ1) is 11.9. The van der Waals surface area contributed by atoms with Crippen molar-refractivity contribution in [1.29, 1.82) is 0 Å². The van der Waals surface area contributed by atoms with Crippen molar-refractivity contribution in [2.45, 2.75) is 37.3 Å². The number of nitrogens with zero attached hydrogens (tertiary/aromatic N) is 1. The fraction of sp³-hybridized carbons (Fsp3) is 0.467. The van der Waals surface area contributed by atoms with Crippen molar-refractivity contribution < 1.29 is 4.79 Å². The smallest absolute Gasteiger partial charge is 0.270 e. The third-order valence-corrected chi connectivity index (χ3v) is 4.77. The Kier molecular flexibility index (Phi) is 2.57.